The van der Waals surface area contributed by atoms with Gasteiger partial charge in [-0.15, -0.1) is 0 Å². The first-order valence-corrected chi connectivity index (χ1v) is 5.54. The van der Waals surface area contributed by atoms with Crippen molar-refractivity contribution in [2.45, 2.75) is 51.6 Å². The van der Waals surface area contributed by atoms with Crippen LogP contribution in [0.5, 0.6) is 0 Å². The molecule has 0 spiro atoms. The molecule has 1 aliphatic rings. The van der Waals surface area contributed by atoms with Gasteiger partial charge in [-0.2, -0.15) is 0 Å². The molecule has 2 unspecified atom stereocenters. The summed E-state index contributed by atoms with van der Waals surface area (Å²) in [5.74, 6) is -0.415. The lowest BCUT2D eigenvalue weighted by atomic mass is 9.90. The van der Waals surface area contributed by atoms with Crippen LogP contribution in [0.4, 0.5) is 4.39 Å². The maximum absolute atomic E-state index is 13.3. The van der Waals surface area contributed by atoms with E-state index >= 15 is 0 Å². The fourth-order valence-electron chi connectivity index (χ4n) is 1.95. The highest BCUT2D eigenvalue weighted by Crippen LogP contribution is 2.25. The van der Waals surface area contributed by atoms with E-state index in [0.717, 1.165) is 25.7 Å². The number of esters is 1. The summed E-state index contributed by atoms with van der Waals surface area (Å²) >= 11 is 0. The van der Waals surface area contributed by atoms with E-state index in [0.29, 0.717) is 19.4 Å². The Bertz CT molecular complexity index is 182. The van der Waals surface area contributed by atoms with Gasteiger partial charge in [-0.05, 0) is 26.2 Å². The second kappa shape index (κ2) is 5.99. The Balaban J connectivity index is 2.43. The fourth-order valence-corrected chi connectivity index (χ4v) is 1.95. The third kappa shape index (κ3) is 3.64. The summed E-state index contributed by atoms with van der Waals surface area (Å²) in [7, 11) is 0. The quantitative estimate of drug-likeness (QED) is 0.643. The van der Waals surface area contributed by atoms with E-state index in [1.807, 2.05) is 0 Å². The van der Waals surface area contributed by atoms with Gasteiger partial charge in [-0.25, -0.2) is 4.39 Å². The zero-order valence-corrected chi connectivity index (χ0v) is 8.80. The number of rotatable bonds is 2. The highest BCUT2D eigenvalue weighted by Gasteiger charge is 2.25. The van der Waals surface area contributed by atoms with Crippen molar-refractivity contribution in [1.29, 1.82) is 0 Å². The molecule has 0 N–H and O–H groups in total. The number of carbonyl (C=O) groups excluding carboxylic acids is 1. The summed E-state index contributed by atoms with van der Waals surface area (Å²) in [5.41, 5.74) is 0. The topological polar surface area (TPSA) is 26.3 Å². The SMILES string of the molecule is CCOC(=O)C1CCCCCC(F)C1. The van der Waals surface area contributed by atoms with E-state index in [1.54, 1.807) is 6.92 Å². The van der Waals surface area contributed by atoms with Crippen LogP contribution >= 0.6 is 0 Å². The molecular formula is C11H19FO2. The summed E-state index contributed by atoms with van der Waals surface area (Å²) in [6.45, 7) is 2.18. The molecule has 14 heavy (non-hydrogen) atoms. The highest BCUT2D eigenvalue weighted by molar-refractivity contribution is 5.72. The van der Waals surface area contributed by atoms with Crippen LogP contribution in [-0.4, -0.2) is 18.7 Å². The Kier molecular flexibility index (Phi) is 4.91. The normalized spacial score (nSPS) is 29.0. The predicted octanol–water partition coefficient (Wildman–Crippen LogP) is 2.86. The molecule has 1 rings (SSSR count). The minimum atomic E-state index is -0.815. The highest BCUT2D eigenvalue weighted by atomic mass is 19.1. The van der Waals surface area contributed by atoms with Crippen molar-refractivity contribution in [2.24, 2.45) is 5.92 Å². The molecule has 3 heteroatoms. The van der Waals surface area contributed by atoms with Crippen molar-refractivity contribution in [1.82, 2.24) is 0 Å². The van der Waals surface area contributed by atoms with Crippen LogP contribution in [0.3, 0.4) is 0 Å². The van der Waals surface area contributed by atoms with Gasteiger partial charge in [0.2, 0.25) is 0 Å². The van der Waals surface area contributed by atoms with Gasteiger partial charge in [0, 0.05) is 0 Å². The monoisotopic (exact) mass is 202 g/mol. The van der Waals surface area contributed by atoms with Gasteiger partial charge >= 0.3 is 5.97 Å². The number of hydrogen-bond acceptors (Lipinski definition) is 2. The van der Waals surface area contributed by atoms with Crippen molar-refractivity contribution in [3.8, 4) is 0 Å². The van der Waals surface area contributed by atoms with Crippen LogP contribution < -0.4 is 0 Å². The molecule has 2 atom stereocenters. The van der Waals surface area contributed by atoms with Crippen molar-refractivity contribution in [3.05, 3.63) is 0 Å². The molecule has 0 aromatic carbocycles. The molecule has 0 heterocycles. The van der Waals surface area contributed by atoms with Gasteiger partial charge in [0.05, 0.1) is 12.5 Å². The molecule has 0 aromatic heterocycles. The average Bonchev–Trinajstić information content (AvgIpc) is 2.11. The minimum absolute atomic E-state index is 0.203. The maximum Gasteiger partial charge on any atom is 0.309 e. The van der Waals surface area contributed by atoms with E-state index in [4.69, 9.17) is 4.74 Å². The molecule has 0 radical (unpaired) electrons. The number of hydrogen-bond donors (Lipinski definition) is 0. The van der Waals surface area contributed by atoms with Crippen LogP contribution in [0.1, 0.15) is 45.4 Å². The second-order valence-corrected chi connectivity index (χ2v) is 3.92. The lowest BCUT2D eigenvalue weighted by Crippen LogP contribution is -2.23. The molecule has 1 saturated carbocycles. The van der Waals surface area contributed by atoms with E-state index in [-0.39, 0.29) is 11.9 Å². The van der Waals surface area contributed by atoms with Gasteiger partial charge < -0.3 is 4.74 Å². The molecule has 82 valence electrons. The summed E-state index contributed by atoms with van der Waals surface area (Å²) in [6, 6.07) is 0. The molecule has 0 aromatic rings. The first-order chi connectivity index (χ1) is 6.74. The molecule has 0 aliphatic heterocycles. The molecular weight excluding hydrogens is 183 g/mol. The van der Waals surface area contributed by atoms with E-state index in [9.17, 15) is 9.18 Å². The van der Waals surface area contributed by atoms with E-state index in [2.05, 4.69) is 0 Å². The Morgan fingerprint density at radius 3 is 2.79 bits per heavy atom. The van der Waals surface area contributed by atoms with E-state index < -0.39 is 6.17 Å². The zero-order chi connectivity index (χ0) is 10.4. The third-order valence-electron chi connectivity index (χ3n) is 2.73. The molecule has 1 aliphatic carbocycles. The predicted molar refractivity (Wildman–Crippen MR) is 52.7 cm³/mol. The van der Waals surface area contributed by atoms with Crippen molar-refractivity contribution in [2.75, 3.05) is 6.61 Å². The molecule has 1 fully saturated rings. The zero-order valence-electron chi connectivity index (χ0n) is 8.80. The first kappa shape index (κ1) is 11.5. The summed E-state index contributed by atoms with van der Waals surface area (Å²) in [6.07, 6.45) is 3.96. The standard InChI is InChI=1S/C11H19FO2/c1-2-14-11(13)9-6-4-3-5-7-10(12)8-9/h9-10H,2-8H2,1H3. The van der Waals surface area contributed by atoms with Gasteiger partial charge in [0.15, 0.2) is 0 Å². The van der Waals surface area contributed by atoms with Crippen LogP contribution in [0.25, 0.3) is 0 Å². The van der Waals surface area contributed by atoms with Crippen LogP contribution in [-0.2, 0) is 9.53 Å². The van der Waals surface area contributed by atoms with Crippen molar-refractivity contribution < 1.29 is 13.9 Å². The Morgan fingerprint density at radius 2 is 2.07 bits per heavy atom. The van der Waals surface area contributed by atoms with Crippen LogP contribution in [0.2, 0.25) is 0 Å². The van der Waals surface area contributed by atoms with Gasteiger partial charge in [0.25, 0.3) is 0 Å². The summed E-state index contributed by atoms with van der Waals surface area (Å²) < 4.78 is 18.2. The van der Waals surface area contributed by atoms with Crippen LogP contribution in [0, 0.1) is 5.92 Å². The maximum atomic E-state index is 13.3. The largest absolute Gasteiger partial charge is 0.466 e. The number of halogens is 1. The summed E-state index contributed by atoms with van der Waals surface area (Å²) in [5, 5.41) is 0. The van der Waals surface area contributed by atoms with Crippen molar-refractivity contribution >= 4 is 5.97 Å². The van der Waals surface area contributed by atoms with Gasteiger partial charge in [0.1, 0.15) is 6.17 Å². The Hall–Kier alpha value is -0.600. The number of ether oxygens (including phenoxy) is 1. The smallest absolute Gasteiger partial charge is 0.309 e. The van der Waals surface area contributed by atoms with Gasteiger partial charge in [-0.1, -0.05) is 19.3 Å². The van der Waals surface area contributed by atoms with Crippen LogP contribution in [0.15, 0.2) is 0 Å². The lowest BCUT2D eigenvalue weighted by Gasteiger charge is -2.20. The molecule has 2 nitrogen and oxygen atoms in total. The van der Waals surface area contributed by atoms with Gasteiger partial charge in [-0.3, -0.25) is 4.79 Å². The average molecular weight is 202 g/mol. The first-order valence-electron chi connectivity index (χ1n) is 5.54. The minimum Gasteiger partial charge on any atom is -0.466 e. The summed E-state index contributed by atoms with van der Waals surface area (Å²) in [4.78, 5) is 11.4. The Labute approximate surface area is 84.8 Å². The van der Waals surface area contributed by atoms with E-state index in [1.165, 1.54) is 0 Å². The Morgan fingerprint density at radius 1 is 1.36 bits per heavy atom. The number of carbonyl (C=O) groups is 1. The fraction of sp³-hybridized carbons (Fsp3) is 0.909. The molecule has 0 saturated heterocycles. The molecule has 0 bridgehead atoms. The van der Waals surface area contributed by atoms with Crippen molar-refractivity contribution in [3.63, 3.8) is 0 Å². The lowest BCUT2D eigenvalue weighted by molar-refractivity contribution is -0.149. The number of alkyl halides is 1. The third-order valence-corrected chi connectivity index (χ3v) is 2.73. The molecule has 0 amide bonds. The second-order valence-electron chi connectivity index (χ2n) is 3.92.